The molecule has 3 aliphatic rings. The van der Waals surface area contributed by atoms with E-state index in [2.05, 4.69) is 15.0 Å². The van der Waals surface area contributed by atoms with Crippen LogP contribution < -0.4 is 14.7 Å². The Kier molecular flexibility index (Phi) is 12.3. The minimum atomic E-state index is -5.01. The van der Waals surface area contributed by atoms with Gasteiger partial charge in [0.25, 0.3) is 0 Å². The predicted octanol–water partition coefficient (Wildman–Crippen LogP) is 8.87. The number of aromatic nitrogens is 4. The van der Waals surface area contributed by atoms with E-state index in [0.29, 0.717) is 86.8 Å². The van der Waals surface area contributed by atoms with Crippen LogP contribution >= 0.6 is 11.6 Å². The fourth-order valence-corrected chi connectivity index (χ4v) is 8.40. The molecule has 4 aromatic rings. The van der Waals surface area contributed by atoms with Crippen molar-refractivity contribution < 1.29 is 41.0 Å². The number of hydrogen-bond acceptors (Lipinski definition) is 10. The van der Waals surface area contributed by atoms with Gasteiger partial charge in [-0.1, -0.05) is 36.7 Å². The van der Waals surface area contributed by atoms with E-state index < -0.39 is 35.6 Å². The second-order valence-corrected chi connectivity index (χ2v) is 15.7. The molecule has 1 aliphatic carbocycles. The molecule has 0 spiro atoms. The minimum absolute atomic E-state index is 0.0655. The highest BCUT2D eigenvalue weighted by Gasteiger charge is 2.40. The topological polar surface area (TPSA) is 108 Å². The number of ether oxygens (including phenoxy) is 1. The number of aliphatic hydroxyl groups excluding tert-OH is 1. The van der Waals surface area contributed by atoms with Crippen molar-refractivity contribution in [2.75, 3.05) is 34.3 Å². The molecule has 58 heavy (non-hydrogen) atoms. The fraction of sp³-hybridized carbons (Fsp3) is 0.488. The molecule has 17 heteroatoms. The highest BCUT2D eigenvalue weighted by molar-refractivity contribution is 6.32. The summed E-state index contributed by atoms with van der Waals surface area (Å²) in [5.41, 5.74) is -1.68. The highest BCUT2D eigenvalue weighted by Crippen LogP contribution is 2.40. The zero-order valence-electron chi connectivity index (χ0n) is 31.8. The molecule has 2 aliphatic heterocycles. The maximum absolute atomic E-state index is 14.0. The van der Waals surface area contributed by atoms with Crippen LogP contribution in [-0.4, -0.2) is 74.9 Å². The highest BCUT2D eigenvalue weighted by atomic mass is 35.5. The van der Waals surface area contributed by atoms with Crippen LogP contribution in [0.3, 0.4) is 0 Å². The number of piperidine rings is 1. The fourth-order valence-electron chi connectivity index (χ4n) is 8.20. The third kappa shape index (κ3) is 9.60. The summed E-state index contributed by atoms with van der Waals surface area (Å²) >= 11 is 6.71. The second-order valence-electron chi connectivity index (χ2n) is 15.3. The Morgan fingerprint density at radius 2 is 1.53 bits per heavy atom. The maximum Gasteiger partial charge on any atom is 0.416 e. The summed E-state index contributed by atoms with van der Waals surface area (Å²) in [6, 6.07) is 9.78. The van der Waals surface area contributed by atoms with Crippen LogP contribution in [0.25, 0.3) is 0 Å². The molecule has 2 aromatic carbocycles. The quantitative estimate of drug-likeness (QED) is 0.123. The number of hydrogen-bond donors (Lipinski definition) is 1. The van der Waals surface area contributed by atoms with Crippen molar-refractivity contribution in [2.24, 2.45) is 0 Å². The summed E-state index contributed by atoms with van der Waals surface area (Å²) in [6.45, 7) is 3.04. The first-order valence-electron chi connectivity index (χ1n) is 19.5. The normalized spacial score (nSPS) is 21.9. The Hall–Kier alpha value is -4.70. The third-order valence-corrected chi connectivity index (χ3v) is 11.6. The summed E-state index contributed by atoms with van der Waals surface area (Å²) in [5, 5.41) is 10.3. The van der Waals surface area contributed by atoms with Gasteiger partial charge >= 0.3 is 18.3 Å². The largest absolute Gasteiger partial charge is 0.459 e. The zero-order valence-corrected chi connectivity index (χ0v) is 32.5. The van der Waals surface area contributed by atoms with Gasteiger partial charge in [-0.25, -0.2) is 19.7 Å². The molecular formula is C41H44ClF6N7O3. The van der Waals surface area contributed by atoms with E-state index in [-0.39, 0.29) is 54.7 Å². The number of anilines is 3. The lowest BCUT2D eigenvalue weighted by atomic mass is 9.84. The Labute approximate surface area is 337 Å². The van der Waals surface area contributed by atoms with Crippen molar-refractivity contribution in [3.8, 4) is 0 Å². The molecule has 4 heterocycles. The standard InChI is InChI=1S/C41H44ClF6N7O3/c1-2-31-19-32(24-54(31)36-35(42)22-51-39(52-36)53-14-12-33(56)13-15-53)55(23-25-16-29(40(43,44)45)18-30(17-25)41(46,47)48)38-49-20-28(21-50-38)26-8-10-34(11-9-26)58-37(57)27-6-4-3-5-7-27/h3-7,16-18,20-22,26,31-34,56H,2,8-15,19,23-24H2,1H3. The Morgan fingerprint density at radius 1 is 0.897 bits per heavy atom. The van der Waals surface area contributed by atoms with Gasteiger partial charge in [0, 0.05) is 44.6 Å². The van der Waals surface area contributed by atoms with E-state index in [4.69, 9.17) is 21.3 Å². The monoisotopic (exact) mass is 831 g/mol. The van der Waals surface area contributed by atoms with E-state index in [1.807, 2.05) is 22.8 Å². The number of nitrogens with zero attached hydrogens (tertiary/aromatic N) is 7. The van der Waals surface area contributed by atoms with E-state index in [0.717, 1.165) is 17.7 Å². The van der Waals surface area contributed by atoms with Gasteiger partial charge in [0.2, 0.25) is 11.9 Å². The maximum atomic E-state index is 14.0. The SMILES string of the molecule is CCC1CC(N(Cc2cc(C(F)(F)F)cc(C(F)(F)F)c2)c2ncc(C3CCC(OC(=O)c4ccccc4)CC3)cn2)CN1c1nc(N2CCC(O)CC2)ncc1Cl. The molecule has 2 unspecified atom stereocenters. The average Bonchev–Trinajstić information content (AvgIpc) is 3.64. The zero-order chi connectivity index (χ0) is 41.2. The second kappa shape index (κ2) is 17.3. The van der Waals surface area contributed by atoms with Gasteiger partial charge in [-0.15, -0.1) is 0 Å². The molecule has 10 nitrogen and oxygen atoms in total. The number of carbonyl (C=O) groups excluding carboxylic acids is 1. The molecule has 1 saturated carbocycles. The van der Waals surface area contributed by atoms with Crippen molar-refractivity contribution >= 4 is 35.3 Å². The van der Waals surface area contributed by atoms with E-state index in [1.54, 1.807) is 41.6 Å². The molecule has 2 aromatic heterocycles. The van der Waals surface area contributed by atoms with Gasteiger partial charge in [-0.2, -0.15) is 31.3 Å². The number of aliphatic hydroxyl groups is 1. The number of halogens is 7. The predicted molar refractivity (Wildman–Crippen MR) is 206 cm³/mol. The summed E-state index contributed by atoms with van der Waals surface area (Å²) < 4.78 is 89.5. The molecule has 2 atom stereocenters. The smallest absolute Gasteiger partial charge is 0.416 e. The van der Waals surface area contributed by atoms with Crippen molar-refractivity contribution in [2.45, 2.75) is 107 Å². The van der Waals surface area contributed by atoms with Gasteiger partial charge in [0.05, 0.1) is 35.0 Å². The molecule has 7 rings (SSSR count). The van der Waals surface area contributed by atoms with Crippen molar-refractivity contribution in [1.29, 1.82) is 0 Å². The lowest BCUT2D eigenvalue weighted by Crippen LogP contribution is -2.39. The Balaban J connectivity index is 1.15. The summed E-state index contributed by atoms with van der Waals surface area (Å²) in [4.78, 5) is 36.9. The molecule has 0 bridgehead atoms. The van der Waals surface area contributed by atoms with Gasteiger partial charge in [-0.05, 0) is 98.7 Å². The first kappa shape index (κ1) is 41.5. The minimum Gasteiger partial charge on any atom is -0.459 e. The van der Waals surface area contributed by atoms with Crippen molar-refractivity contribution in [3.05, 3.63) is 100.0 Å². The lowest BCUT2D eigenvalue weighted by Gasteiger charge is -2.32. The first-order valence-corrected chi connectivity index (χ1v) is 19.9. The van der Waals surface area contributed by atoms with E-state index in [1.165, 1.54) is 6.20 Å². The third-order valence-electron chi connectivity index (χ3n) is 11.4. The van der Waals surface area contributed by atoms with Crippen LogP contribution in [-0.2, 0) is 23.6 Å². The van der Waals surface area contributed by atoms with Crippen molar-refractivity contribution in [3.63, 3.8) is 0 Å². The van der Waals surface area contributed by atoms with Crippen LogP contribution in [0.2, 0.25) is 5.02 Å². The summed E-state index contributed by atoms with van der Waals surface area (Å²) in [5.74, 6) is 0.763. The Morgan fingerprint density at radius 3 is 2.14 bits per heavy atom. The first-order chi connectivity index (χ1) is 27.7. The van der Waals surface area contributed by atoms with Crippen LogP contribution in [0.5, 0.6) is 0 Å². The van der Waals surface area contributed by atoms with Crippen LogP contribution in [0.15, 0.2) is 67.1 Å². The van der Waals surface area contributed by atoms with Crippen LogP contribution in [0.1, 0.15) is 96.8 Å². The number of carbonyl (C=O) groups is 1. The molecule has 0 amide bonds. The average molecular weight is 832 g/mol. The van der Waals surface area contributed by atoms with Crippen LogP contribution in [0.4, 0.5) is 44.1 Å². The summed E-state index contributed by atoms with van der Waals surface area (Å²) in [6.07, 6.45) is -0.892. The number of rotatable bonds is 10. The van der Waals surface area contributed by atoms with Crippen molar-refractivity contribution in [1.82, 2.24) is 19.9 Å². The van der Waals surface area contributed by atoms with Gasteiger partial charge in [0.1, 0.15) is 11.1 Å². The van der Waals surface area contributed by atoms with E-state index >= 15 is 0 Å². The van der Waals surface area contributed by atoms with E-state index in [9.17, 15) is 36.2 Å². The molecule has 1 N–H and O–H groups in total. The van der Waals surface area contributed by atoms with Gasteiger partial charge in [-0.3, -0.25) is 0 Å². The molecule has 0 radical (unpaired) electrons. The number of esters is 1. The molecule has 3 fully saturated rings. The van der Waals surface area contributed by atoms with Crippen LogP contribution in [0, 0.1) is 0 Å². The number of benzene rings is 2. The Bertz CT molecular complexity index is 1990. The molecule has 310 valence electrons. The van der Waals surface area contributed by atoms with Gasteiger partial charge < -0.3 is 24.5 Å². The molecule has 2 saturated heterocycles. The summed E-state index contributed by atoms with van der Waals surface area (Å²) in [7, 11) is 0. The van der Waals surface area contributed by atoms with Gasteiger partial charge in [0.15, 0.2) is 5.82 Å². The molecular weight excluding hydrogens is 788 g/mol. The number of alkyl halides is 6. The lowest BCUT2D eigenvalue weighted by molar-refractivity contribution is -0.143.